The molecule has 1 rings (SSSR count). The number of amides is 1. The van der Waals surface area contributed by atoms with Gasteiger partial charge >= 0.3 is 6.09 Å². The number of piperidine rings is 1. The first-order chi connectivity index (χ1) is 7.78. The second kappa shape index (κ2) is 4.69. The maximum Gasteiger partial charge on any atom is 0.410 e. The second-order valence-corrected chi connectivity index (χ2v) is 5.00. The van der Waals surface area contributed by atoms with E-state index >= 15 is 0 Å². The zero-order valence-corrected chi connectivity index (χ0v) is 9.75. The fraction of sp³-hybridized carbons (Fsp3) is 0.750. The van der Waals surface area contributed by atoms with Crippen LogP contribution < -0.4 is 0 Å². The Kier molecular flexibility index (Phi) is 2.89. The number of carbonyl (C=O) groups is 1. The molecule has 0 aromatic rings. The van der Waals surface area contributed by atoms with Gasteiger partial charge in [0.1, 0.15) is 5.60 Å². The molecule has 0 spiro atoms. The molecular formula is C12H21NO2. The average Bonchev–Trinajstić information content (AvgIpc) is 2.14. The average molecular weight is 213 g/mol. The monoisotopic (exact) mass is 213 g/mol. The van der Waals surface area contributed by atoms with Gasteiger partial charge in [0.2, 0.25) is 0 Å². The zero-order valence-electron chi connectivity index (χ0n) is 11.7. The van der Waals surface area contributed by atoms with Crippen molar-refractivity contribution in [2.45, 2.75) is 39.2 Å². The fourth-order valence-electron chi connectivity index (χ4n) is 1.64. The number of rotatable bonds is 1. The summed E-state index contributed by atoms with van der Waals surface area (Å²) in [6.45, 7) is 6.61. The molecule has 0 N–H and O–H groups in total. The highest BCUT2D eigenvalue weighted by molar-refractivity contribution is 5.68. The molecule has 3 nitrogen and oxygen atoms in total. The van der Waals surface area contributed by atoms with Crippen molar-refractivity contribution in [1.82, 2.24) is 4.90 Å². The van der Waals surface area contributed by atoms with Gasteiger partial charge in [0.25, 0.3) is 0 Å². The van der Waals surface area contributed by atoms with Crippen LogP contribution in [-0.4, -0.2) is 29.7 Å². The molecule has 1 saturated heterocycles. The summed E-state index contributed by atoms with van der Waals surface area (Å²) >= 11 is 0. The van der Waals surface area contributed by atoms with Crippen LogP contribution >= 0.6 is 0 Å². The first-order valence-electron chi connectivity index (χ1n) is 6.41. The number of ether oxygens (including phenoxy) is 1. The minimum atomic E-state index is -0.476. The van der Waals surface area contributed by atoms with Crippen LogP contribution in [0.15, 0.2) is 12.6 Å². The Hall–Kier alpha value is -0.990. The highest BCUT2D eigenvalue weighted by Crippen LogP contribution is 2.19. The van der Waals surface area contributed by atoms with Gasteiger partial charge in [0.05, 0.1) is 2.74 Å². The Bertz CT molecular complexity index is 306. The predicted octanol–water partition coefficient (Wildman–Crippen LogP) is 2.82. The van der Waals surface area contributed by atoms with E-state index in [0.717, 1.165) is 12.8 Å². The summed E-state index contributed by atoms with van der Waals surface area (Å²) in [6.07, 6.45) is 3.12. The molecule has 1 aliphatic rings. The molecule has 1 unspecified atom stereocenters. The molecule has 0 saturated carbocycles. The van der Waals surface area contributed by atoms with Crippen LogP contribution in [0.25, 0.3) is 0 Å². The molecule has 1 fully saturated rings. The lowest BCUT2D eigenvalue weighted by Crippen LogP contribution is -2.42. The van der Waals surface area contributed by atoms with E-state index in [4.69, 9.17) is 7.48 Å². The van der Waals surface area contributed by atoms with Crippen LogP contribution in [-0.2, 0) is 4.74 Å². The van der Waals surface area contributed by atoms with E-state index in [0.29, 0.717) is 13.1 Å². The zero-order chi connectivity index (χ0) is 13.1. The smallest absolute Gasteiger partial charge is 0.410 e. The first kappa shape index (κ1) is 9.25. The molecule has 1 amide bonds. The molecule has 0 aliphatic carbocycles. The van der Waals surface area contributed by atoms with Crippen molar-refractivity contribution in [1.29, 1.82) is 0 Å². The molecule has 1 atom stereocenters. The number of hydrogen-bond acceptors (Lipinski definition) is 2. The molecule has 0 radical (unpaired) electrons. The highest BCUT2D eigenvalue weighted by Gasteiger charge is 2.26. The van der Waals surface area contributed by atoms with Gasteiger partial charge in [-0.3, -0.25) is 0 Å². The summed E-state index contributed by atoms with van der Waals surface area (Å²) < 4.78 is 19.6. The van der Waals surface area contributed by atoms with Crippen LogP contribution in [0.3, 0.4) is 0 Å². The van der Waals surface area contributed by atoms with Gasteiger partial charge in [-0.15, -0.1) is 6.53 Å². The molecule has 1 heterocycles. The van der Waals surface area contributed by atoms with E-state index in [-0.39, 0.29) is 18.5 Å². The van der Waals surface area contributed by atoms with Gasteiger partial charge in [0, 0.05) is 13.1 Å². The Morgan fingerprint density at radius 2 is 2.40 bits per heavy atom. The molecule has 0 aromatic heterocycles. The largest absolute Gasteiger partial charge is 0.444 e. The minimum Gasteiger partial charge on any atom is -0.444 e. The standard InChI is InChI=1S/C12H21NO2/c1-5-10-7-6-8-13(9-10)11(14)15-12(2,3)4/h5,10H,1,6-9H2,2-4H3/i1D2. The SMILES string of the molecule is [2H]C([2H])=CC1CCCN(C(=O)OC(C)(C)C)C1. The first-order valence-corrected chi connectivity index (χ1v) is 5.41. The van der Waals surface area contributed by atoms with Crippen molar-refractivity contribution in [3.63, 3.8) is 0 Å². The number of carbonyl (C=O) groups excluding carboxylic acids is 1. The van der Waals surface area contributed by atoms with Gasteiger partial charge in [0.15, 0.2) is 0 Å². The Labute approximate surface area is 94.9 Å². The third kappa shape index (κ3) is 3.94. The summed E-state index contributed by atoms with van der Waals surface area (Å²) in [6, 6.07) is 0. The van der Waals surface area contributed by atoms with Crippen LogP contribution in [0.1, 0.15) is 36.4 Å². The fourth-order valence-corrected chi connectivity index (χ4v) is 1.64. The Morgan fingerprint density at radius 3 is 3.00 bits per heavy atom. The van der Waals surface area contributed by atoms with Crippen molar-refractivity contribution < 1.29 is 12.3 Å². The van der Waals surface area contributed by atoms with Crippen LogP contribution in [0.2, 0.25) is 0 Å². The van der Waals surface area contributed by atoms with Crippen molar-refractivity contribution in [3.05, 3.63) is 12.6 Å². The molecule has 0 aromatic carbocycles. The molecule has 3 heteroatoms. The van der Waals surface area contributed by atoms with E-state index in [2.05, 4.69) is 0 Å². The van der Waals surface area contributed by atoms with Crippen molar-refractivity contribution >= 4 is 6.09 Å². The lowest BCUT2D eigenvalue weighted by Gasteiger charge is -2.32. The summed E-state index contributed by atoms with van der Waals surface area (Å²) in [5, 5.41) is 0. The lowest BCUT2D eigenvalue weighted by molar-refractivity contribution is 0.0187. The van der Waals surface area contributed by atoms with Crippen molar-refractivity contribution in [2.75, 3.05) is 13.1 Å². The highest BCUT2D eigenvalue weighted by atomic mass is 16.6. The van der Waals surface area contributed by atoms with Crippen LogP contribution in [0.5, 0.6) is 0 Å². The predicted molar refractivity (Wildman–Crippen MR) is 60.7 cm³/mol. The lowest BCUT2D eigenvalue weighted by atomic mass is 9.99. The Balaban J connectivity index is 2.55. The van der Waals surface area contributed by atoms with Gasteiger partial charge in [-0.25, -0.2) is 4.79 Å². The maximum atomic E-state index is 11.8. The maximum absolute atomic E-state index is 11.8. The summed E-state index contributed by atoms with van der Waals surface area (Å²) in [4.78, 5) is 13.5. The van der Waals surface area contributed by atoms with E-state index in [1.807, 2.05) is 20.8 Å². The van der Waals surface area contributed by atoms with E-state index in [1.165, 1.54) is 0 Å². The number of hydrogen-bond donors (Lipinski definition) is 0. The van der Waals surface area contributed by atoms with E-state index < -0.39 is 5.60 Å². The Morgan fingerprint density at radius 1 is 1.67 bits per heavy atom. The van der Waals surface area contributed by atoms with Crippen LogP contribution in [0, 0.1) is 5.92 Å². The van der Waals surface area contributed by atoms with Crippen LogP contribution in [0.4, 0.5) is 4.79 Å². The van der Waals surface area contributed by atoms with Gasteiger partial charge in [-0.2, -0.15) is 0 Å². The molecular weight excluding hydrogens is 190 g/mol. The van der Waals surface area contributed by atoms with Gasteiger partial charge in [-0.05, 0) is 39.5 Å². The summed E-state index contributed by atoms with van der Waals surface area (Å²) in [5.74, 6) is 0.112. The topological polar surface area (TPSA) is 29.5 Å². The summed E-state index contributed by atoms with van der Waals surface area (Å²) in [5.41, 5.74) is -0.476. The normalized spacial score (nSPS) is 23.9. The van der Waals surface area contributed by atoms with Crippen molar-refractivity contribution in [3.8, 4) is 0 Å². The number of nitrogens with zero attached hydrogens (tertiary/aromatic N) is 1. The van der Waals surface area contributed by atoms with Gasteiger partial charge in [-0.1, -0.05) is 6.08 Å². The van der Waals surface area contributed by atoms with Gasteiger partial charge < -0.3 is 9.64 Å². The summed E-state index contributed by atoms with van der Waals surface area (Å²) in [7, 11) is 0. The second-order valence-electron chi connectivity index (χ2n) is 5.00. The molecule has 86 valence electrons. The van der Waals surface area contributed by atoms with E-state index in [1.54, 1.807) is 11.0 Å². The van der Waals surface area contributed by atoms with Crippen molar-refractivity contribution in [2.24, 2.45) is 5.92 Å². The number of likely N-dealkylation sites (tertiary alicyclic amines) is 1. The molecule has 1 aliphatic heterocycles. The molecule has 0 bridgehead atoms. The minimum absolute atomic E-state index is 0.112. The third-order valence-corrected chi connectivity index (χ3v) is 2.35. The third-order valence-electron chi connectivity index (χ3n) is 2.35. The molecule has 15 heavy (non-hydrogen) atoms. The van der Waals surface area contributed by atoms with E-state index in [9.17, 15) is 4.79 Å². The quantitative estimate of drug-likeness (QED) is 0.627.